The summed E-state index contributed by atoms with van der Waals surface area (Å²) in [6.45, 7) is 10.5. The molecule has 2 rings (SSSR count). The minimum atomic E-state index is -0.246. The smallest absolute Gasteiger partial charge is 0.276 e. The lowest BCUT2D eigenvalue weighted by molar-refractivity contribution is 0.101. The minimum Gasteiger partial charge on any atom is -0.338 e. The van der Waals surface area contributed by atoms with Crippen LogP contribution in [0.3, 0.4) is 0 Å². The van der Waals surface area contributed by atoms with E-state index in [1.807, 2.05) is 34.6 Å². The Bertz CT molecular complexity index is 619. The van der Waals surface area contributed by atoms with Gasteiger partial charge in [-0.3, -0.25) is 14.8 Å². The highest BCUT2D eigenvalue weighted by Crippen LogP contribution is 2.23. The van der Waals surface area contributed by atoms with E-state index in [-0.39, 0.29) is 11.3 Å². The number of hydrogen-bond donors (Lipinski definition) is 1. The number of hydrogen-bond acceptors (Lipinski definition) is 4. The maximum atomic E-state index is 12.2. The zero-order valence-corrected chi connectivity index (χ0v) is 12.5. The average molecular weight is 276 g/mol. The fourth-order valence-electron chi connectivity index (χ4n) is 1.83. The highest BCUT2D eigenvalue weighted by molar-refractivity contribution is 6.02. The largest absolute Gasteiger partial charge is 0.338 e. The van der Waals surface area contributed by atoms with Crippen molar-refractivity contribution >= 4 is 11.8 Å². The maximum Gasteiger partial charge on any atom is 0.276 e. The second-order valence-corrected chi connectivity index (χ2v) is 5.77. The maximum absolute atomic E-state index is 12.2. The number of anilines is 1. The quantitative estimate of drug-likeness (QED) is 0.935. The third-order valence-electron chi connectivity index (χ3n) is 2.95. The van der Waals surface area contributed by atoms with Crippen LogP contribution in [0.2, 0.25) is 0 Å². The molecule has 108 valence electrons. The van der Waals surface area contributed by atoms with E-state index in [4.69, 9.17) is 4.52 Å². The summed E-state index contributed by atoms with van der Waals surface area (Å²) in [5, 5.41) is 10.9. The van der Waals surface area contributed by atoms with E-state index in [2.05, 4.69) is 15.6 Å². The number of rotatable bonds is 3. The monoisotopic (exact) mass is 276 g/mol. The Morgan fingerprint density at radius 1 is 1.40 bits per heavy atom. The van der Waals surface area contributed by atoms with Crippen molar-refractivity contribution in [1.82, 2.24) is 14.9 Å². The lowest BCUT2D eigenvalue weighted by Crippen LogP contribution is -2.17. The van der Waals surface area contributed by atoms with Gasteiger partial charge in [-0.25, -0.2) is 0 Å². The molecule has 0 bridgehead atoms. The lowest BCUT2D eigenvalue weighted by Gasteiger charge is -2.12. The predicted molar refractivity (Wildman–Crippen MR) is 75.8 cm³/mol. The van der Waals surface area contributed by atoms with Crippen molar-refractivity contribution in [2.24, 2.45) is 0 Å². The number of carbonyl (C=O) groups excluding carboxylic acids is 1. The minimum absolute atomic E-state index is 0.117. The molecular weight excluding hydrogens is 256 g/mol. The van der Waals surface area contributed by atoms with Gasteiger partial charge in [0.15, 0.2) is 0 Å². The first kappa shape index (κ1) is 14.3. The van der Waals surface area contributed by atoms with E-state index < -0.39 is 0 Å². The van der Waals surface area contributed by atoms with Crippen LogP contribution >= 0.6 is 0 Å². The van der Waals surface area contributed by atoms with E-state index in [1.54, 1.807) is 16.8 Å². The van der Waals surface area contributed by atoms with E-state index in [9.17, 15) is 4.79 Å². The van der Waals surface area contributed by atoms with E-state index in [0.29, 0.717) is 18.1 Å². The molecule has 1 N–H and O–H groups in total. The molecule has 0 fully saturated rings. The van der Waals surface area contributed by atoms with Gasteiger partial charge in [0.2, 0.25) is 5.88 Å². The molecule has 0 saturated carbocycles. The molecule has 20 heavy (non-hydrogen) atoms. The normalized spacial score (nSPS) is 11.7. The van der Waals surface area contributed by atoms with Crippen molar-refractivity contribution in [3.63, 3.8) is 0 Å². The molecule has 2 aromatic heterocycles. The van der Waals surface area contributed by atoms with Crippen LogP contribution in [-0.4, -0.2) is 20.8 Å². The van der Waals surface area contributed by atoms with Crippen molar-refractivity contribution in [2.75, 3.05) is 5.32 Å². The summed E-state index contributed by atoms with van der Waals surface area (Å²) in [5.74, 6) is 0.102. The van der Waals surface area contributed by atoms with Gasteiger partial charge in [0.25, 0.3) is 5.91 Å². The van der Waals surface area contributed by atoms with Crippen molar-refractivity contribution in [1.29, 1.82) is 0 Å². The van der Waals surface area contributed by atoms with Crippen molar-refractivity contribution in [3.05, 3.63) is 29.2 Å². The number of amides is 1. The predicted octanol–water partition coefficient (Wildman–Crippen LogP) is 2.75. The molecule has 6 heteroatoms. The first-order valence-corrected chi connectivity index (χ1v) is 6.64. The average Bonchev–Trinajstić information content (AvgIpc) is 2.94. The number of aryl methyl sites for hydroxylation is 2. The molecule has 2 aromatic rings. The highest BCUT2D eigenvalue weighted by atomic mass is 16.5. The molecule has 0 atom stereocenters. The Labute approximate surface area is 118 Å². The zero-order valence-electron chi connectivity index (χ0n) is 12.5. The number of carbonyl (C=O) groups is 1. The van der Waals surface area contributed by atoms with Crippen LogP contribution in [0.25, 0.3) is 0 Å². The Morgan fingerprint density at radius 3 is 2.65 bits per heavy atom. The fourth-order valence-corrected chi connectivity index (χ4v) is 1.83. The summed E-state index contributed by atoms with van der Waals surface area (Å²) >= 11 is 0. The molecule has 0 aliphatic heterocycles. The van der Waals surface area contributed by atoms with Crippen molar-refractivity contribution < 1.29 is 9.32 Å². The van der Waals surface area contributed by atoms with Gasteiger partial charge in [-0.2, -0.15) is 5.10 Å². The third kappa shape index (κ3) is 2.89. The Morgan fingerprint density at radius 2 is 2.10 bits per heavy atom. The lowest BCUT2D eigenvalue weighted by atomic mass is 9.92. The van der Waals surface area contributed by atoms with Crippen LogP contribution in [0, 0.1) is 6.92 Å². The third-order valence-corrected chi connectivity index (χ3v) is 2.95. The van der Waals surface area contributed by atoms with Gasteiger partial charge in [-0.1, -0.05) is 25.9 Å². The van der Waals surface area contributed by atoms with Crippen LogP contribution in [0.15, 0.2) is 16.7 Å². The molecule has 0 aliphatic rings. The molecular formula is C14H20N4O2. The van der Waals surface area contributed by atoms with Gasteiger partial charge in [0.05, 0.1) is 11.4 Å². The Balaban J connectivity index is 2.17. The summed E-state index contributed by atoms with van der Waals surface area (Å²) in [6.07, 6.45) is 0. The van der Waals surface area contributed by atoms with E-state index in [1.165, 1.54) is 0 Å². The Hall–Kier alpha value is -2.11. The number of aromatic nitrogens is 3. The standard InChI is InChI=1S/C14H20N4O2/c1-6-18-10(7-9(2)16-18)13(19)15-12-8-11(17-20-12)14(3,4)5/h7-8H,6H2,1-5H3,(H,15,19). The molecule has 0 aliphatic carbocycles. The highest BCUT2D eigenvalue weighted by Gasteiger charge is 2.21. The summed E-state index contributed by atoms with van der Waals surface area (Å²) in [6, 6.07) is 3.50. The Kier molecular flexibility index (Phi) is 3.65. The fraction of sp³-hybridized carbons (Fsp3) is 0.500. The topological polar surface area (TPSA) is 73.0 Å². The van der Waals surface area contributed by atoms with Gasteiger partial charge in [-0.15, -0.1) is 0 Å². The first-order valence-electron chi connectivity index (χ1n) is 6.64. The molecule has 0 saturated heterocycles. The summed E-state index contributed by atoms with van der Waals surface area (Å²) in [4.78, 5) is 12.2. The van der Waals surface area contributed by atoms with Crippen molar-refractivity contribution in [3.8, 4) is 0 Å². The first-order chi connectivity index (χ1) is 9.31. The van der Waals surface area contributed by atoms with Crippen molar-refractivity contribution in [2.45, 2.75) is 46.6 Å². The number of nitrogens with zero attached hydrogens (tertiary/aromatic N) is 3. The van der Waals surface area contributed by atoms with Crippen LogP contribution in [0.5, 0.6) is 0 Å². The molecule has 2 heterocycles. The van der Waals surface area contributed by atoms with Crippen LogP contribution < -0.4 is 5.32 Å². The summed E-state index contributed by atoms with van der Waals surface area (Å²) < 4.78 is 6.81. The van der Waals surface area contributed by atoms with E-state index >= 15 is 0 Å². The summed E-state index contributed by atoms with van der Waals surface area (Å²) in [7, 11) is 0. The molecule has 0 unspecified atom stereocenters. The second kappa shape index (κ2) is 5.11. The van der Waals surface area contributed by atoms with Crippen LogP contribution in [-0.2, 0) is 12.0 Å². The van der Waals surface area contributed by atoms with E-state index in [0.717, 1.165) is 11.4 Å². The number of nitrogens with one attached hydrogen (secondary N) is 1. The molecule has 6 nitrogen and oxygen atoms in total. The molecule has 0 radical (unpaired) electrons. The SMILES string of the molecule is CCn1nc(C)cc1C(=O)Nc1cc(C(C)(C)C)no1. The summed E-state index contributed by atoms with van der Waals surface area (Å²) in [5.41, 5.74) is 2.01. The molecule has 1 amide bonds. The van der Waals surface area contributed by atoms with Gasteiger partial charge in [-0.05, 0) is 19.9 Å². The van der Waals surface area contributed by atoms with Crippen LogP contribution in [0.1, 0.15) is 49.6 Å². The van der Waals surface area contributed by atoms with Crippen LogP contribution in [0.4, 0.5) is 5.88 Å². The van der Waals surface area contributed by atoms with Gasteiger partial charge >= 0.3 is 0 Å². The molecule has 0 spiro atoms. The van der Waals surface area contributed by atoms with Gasteiger partial charge < -0.3 is 4.52 Å². The molecule has 0 aromatic carbocycles. The van der Waals surface area contributed by atoms with Gasteiger partial charge in [0.1, 0.15) is 5.69 Å². The second-order valence-electron chi connectivity index (χ2n) is 5.77. The van der Waals surface area contributed by atoms with Gasteiger partial charge in [0, 0.05) is 18.0 Å². The zero-order chi connectivity index (χ0) is 14.9.